The smallest absolute Gasteiger partial charge is 0.306 e. The summed E-state index contributed by atoms with van der Waals surface area (Å²) in [5.41, 5.74) is 0. The van der Waals surface area contributed by atoms with Gasteiger partial charge in [0.1, 0.15) is 24.4 Å². The summed E-state index contributed by atoms with van der Waals surface area (Å²) in [6.45, 7) is 5.59. The quantitative estimate of drug-likeness (QED) is 0.0149. The first-order valence-electron chi connectivity index (χ1n) is 29.4. The number of hydrogen-bond acceptors (Lipinski definition) is 10. The van der Waals surface area contributed by atoms with Gasteiger partial charge in [-0.3, -0.25) is 9.59 Å². The van der Waals surface area contributed by atoms with Crippen molar-refractivity contribution in [2.75, 3.05) is 13.2 Å². The second-order valence-electron chi connectivity index (χ2n) is 20.1. The van der Waals surface area contributed by atoms with Crippen LogP contribution in [0.2, 0.25) is 0 Å². The van der Waals surface area contributed by atoms with Crippen LogP contribution in [0.3, 0.4) is 0 Å². The summed E-state index contributed by atoms with van der Waals surface area (Å²) in [6, 6.07) is -1.05. The lowest BCUT2D eigenvalue weighted by Gasteiger charge is -2.41. The van der Waals surface area contributed by atoms with Gasteiger partial charge in [-0.25, -0.2) is 0 Å². The predicted molar refractivity (Wildman–Crippen MR) is 301 cm³/mol. The Morgan fingerprint density at radius 1 is 0.548 bits per heavy atom. The molecule has 8 unspecified atom stereocenters. The van der Waals surface area contributed by atoms with Crippen LogP contribution < -0.4 is 5.32 Å². The summed E-state index contributed by atoms with van der Waals surface area (Å²) >= 11 is 0. The fraction of sp³-hybridized carbons (Fsp3) is 0.742. The molecule has 1 fully saturated rings. The molecule has 0 bridgehead atoms. The molecule has 420 valence electrons. The molecule has 0 aromatic heterocycles. The number of esters is 1. The fourth-order valence-corrected chi connectivity index (χ4v) is 8.72. The van der Waals surface area contributed by atoms with E-state index in [2.05, 4.69) is 44.3 Å². The molecule has 0 aromatic rings. The average Bonchev–Trinajstić information content (AvgIpc) is 3.39. The normalized spacial score (nSPS) is 20.0. The highest BCUT2D eigenvalue weighted by Crippen LogP contribution is 2.26. The first-order chi connectivity index (χ1) is 35.7. The van der Waals surface area contributed by atoms with E-state index < -0.39 is 67.4 Å². The highest BCUT2D eigenvalue weighted by atomic mass is 16.7. The molecule has 0 radical (unpaired) electrons. The molecule has 6 N–H and O–H groups in total. The summed E-state index contributed by atoms with van der Waals surface area (Å²) in [5, 5.41) is 56.8. The van der Waals surface area contributed by atoms with Gasteiger partial charge in [0, 0.05) is 6.42 Å². The van der Waals surface area contributed by atoms with Crippen molar-refractivity contribution in [2.45, 2.75) is 282 Å². The van der Waals surface area contributed by atoms with E-state index in [0.29, 0.717) is 12.8 Å². The molecule has 0 aliphatic carbocycles. The largest absolute Gasteiger partial charge is 0.454 e. The van der Waals surface area contributed by atoms with Gasteiger partial charge in [-0.05, 0) is 70.6 Å². The van der Waals surface area contributed by atoms with E-state index in [4.69, 9.17) is 14.2 Å². The van der Waals surface area contributed by atoms with Crippen molar-refractivity contribution in [2.24, 2.45) is 0 Å². The van der Waals surface area contributed by atoms with Gasteiger partial charge in [0.25, 0.3) is 0 Å². The Labute approximate surface area is 444 Å². The van der Waals surface area contributed by atoms with E-state index in [0.717, 1.165) is 64.2 Å². The van der Waals surface area contributed by atoms with E-state index in [9.17, 15) is 35.1 Å². The Morgan fingerprint density at radius 3 is 1.52 bits per heavy atom. The van der Waals surface area contributed by atoms with E-state index in [1.165, 1.54) is 122 Å². The van der Waals surface area contributed by atoms with E-state index in [-0.39, 0.29) is 19.4 Å². The van der Waals surface area contributed by atoms with Crippen molar-refractivity contribution in [1.82, 2.24) is 5.32 Å². The summed E-state index contributed by atoms with van der Waals surface area (Å²) in [7, 11) is 0. The Balaban J connectivity index is 2.71. The summed E-state index contributed by atoms with van der Waals surface area (Å²) in [6.07, 6.45) is 53.4. The second kappa shape index (κ2) is 49.7. The number of unbranched alkanes of at least 4 members (excludes halogenated alkanes) is 26. The van der Waals surface area contributed by atoms with E-state index >= 15 is 0 Å². The van der Waals surface area contributed by atoms with Gasteiger partial charge in [-0.2, -0.15) is 0 Å². The summed E-state index contributed by atoms with van der Waals surface area (Å²) in [5.74, 6) is -1.24. The third-order valence-electron chi connectivity index (χ3n) is 13.4. The zero-order valence-electron chi connectivity index (χ0n) is 46.2. The maximum absolute atomic E-state index is 13.3. The zero-order chi connectivity index (χ0) is 53.3. The monoisotopic (exact) mass is 1030 g/mol. The lowest BCUT2D eigenvalue weighted by atomic mass is 9.99. The van der Waals surface area contributed by atoms with Crippen LogP contribution in [0.15, 0.2) is 85.1 Å². The summed E-state index contributed by atoms with van der Waals surface area (Å²) in [4.78, 5) is 26.5. The molecule has 1 aliphatic heterocycles. The van der Waals surface area contributed by atoms with Gasteiger partial charge in [-0.15, -0.1) is 0 Å². The predicted octanol–water partition coefficient (Wildman–Crippen LogP) is 13.4. The van der Waals surface area contributed by atoms with Crippen LogP contribution in [0.1, 0.15) is 233 Å². The number of allylic oxidation sites excluding steroid dienone is 13. The van der Waals surface area contributed by atoms with Crippen LogP contribution in [0.5, 0.6) is 0 Å². The minimum absolute atomic E-state index is 0.113. The van der Waals surface area contributed by atoms with Gasteiger partial charge in [-0.1, -0.05) is 241 Å². The molecule has 0 saturated carbocycles. The molecule has 1 rings (SSSR count). The minimum Gasteiger partial charge on any atom is -0.454 e. The van der Waals surface area contributed by atoms with Crippen LogP contribution in [0, 0.1) is 0 Å². The molecule has 1 aliphatic rings. The fourth-order valence-electron chi connectivity index (χ4n) is 8.72. The second-order valence-corrected chi connectivity index (χ2v) is 20.1. The van der Waals surface area contributed by atoms with Crippen molar-refractivity contribution in [3.63, 3.8) is 0 Å². The van der Waals surface area contributed by atoms with Crippen molar-refractivity contribution >= 4 is 11.9 Å². The number of hydrogen-bond donors (Lipinski definition) is 6. The number of nitrogens with one attached hydrogen (secondary N) is 1. The van der Waals surface area contributed by atoms with Gasteiger partial charge < -0.3 is 45.1 Å². The lowest BCUT2D eigenvalue weighted by molar-refractivity contribution is -0.305. The van der Waals surface area contributed by atoms with Gasteiger partial charge in [0.05, 0.1) is 25.4 Å². The number of carbonyl (C=O) groups is 2. The SMILES string of the molecule is CC/C=C/C=C/C=C\C=C/C=C/CCCCC(O)C(=O)NC(COC1OC(CO)C(O)C(O)C1OC(=O)CCCCCCCCCCC/C=C/CCCCCCCC)C(O)/C=C/CCCCCCCCCCC. The first kappa shape index (κ1) is 67.9. The number of carbonyl (C=O) groups excluding carboxylic acids is 2. The number of ether oxygens (including phenoxy) is 3. The molecule has 73 heavy (non-hydrogen) atoms. The average molecular weight is 1030 g/mol. The molecule has 1 heterocycles. The molecule has 11 nitrogen and oxygen atoms in total. The number of aliphatic hydroxyl groups is 5. The Kier molecular flexibility index (Phi) is 46.2. The highest BCUT2D eigenvalue weighted by molar-refractivity contribution is 5.80. The maximum Gasteiger partial charge on any atom is 0.306 e. The molecule has 0 aromatic carbocycles. The third kappa shape index (κ3) is 38.1. The highest BCUT2D eigenvalue weighted by Gasteiger charge is 2.47. The van der Waals surface area contributed by atoms with Crippen LogP contribution in [0.4, 0.5) is 0 Å². The van der Waals surface area contributed by atoms with Crippen LogP contribution in [-0.2, 0) is 23.8 Å². The molecule has 11 heteroatoms. The molecule has 0 spiro atoms. The molecule has 1 amide bonds. The number of amides is 1. The van der Waals surface area contributed by atoms with Gasteiger partial charge >= 0.3 is 5.97 Å². The molecule has 1 saturated heterocycles. The van der Waals surface area contributed by atoms with Gasteiger partial charge in [0.15, 0.2) is 12.4 Å². The van der Waals surface area contributed by atoms with Crippen molar-refractivity contribution in [3.05, 3.63) is 85.1 Å². The van der Waals surface area contributed by atoms with Crippen molar-refractivity contribution < 1.29 is 49.3 Å². The standard InChI is InChI=1S/C62H107NO10/c1-4-7-10-13-16-19-22-24-26-27-28-29-30-32-35-38-41-44-47-50-57(67)73-60-59(69)58(68)56(51-64)72-62(60)71-52-53(54(65)48-45-42-39-36-33-21-18-15-12-9-6-3)63-61(70)55(66)49-46-43-40-37-34-31-25-23-20-17-14-11-8-5-2/h8,11,14,17,20,23-26,31,34,37,45,48,53-56,58-60,62,64-66,68-69H,4-7,9-10,12-13,15-16,18-19,21-22,27-30,32-33,35-36,38-44,46-47,49-52H2,1-3H3,(H,63,70)/b11-8+,17-14+,23-20-,26-24+,31-25-,37-34+,48-45+. The number of rotatable bonds is 48. The Bertz CT molecular complexity index is 1510. The van der Waals surface area contributed by atoms with E-state index in [1.807, 2.05) is 60.8 Å². The van der Waals surface area contributed by atoms with Crippen molar-refractivity contribution in [3.8, 4) is 0 Å². The molecular formula is C62H107NO10. The van der Waals surface area contributed by atoms with Crippen LogP contribution in [0.25, 0.3) is 0 Å². The summed E-state index contributed by atoms with van der Waals surface area (Å²) < 4.78 is 17.6. The topological polar surface area (TPSA) is 175 Å². The Hall–Kier alpha value is -3.16. The van der Waals surface area contributed by atoms with Crippen molar-refractivity contribution in [1.29, 1.82) is 0 Å². The lowest BCUT2D eigenvalue weighted by Crippen LogP contribution is -2.61. The maximum atomic E-state index is 13.3. The van der Waals surface area contributed by atoms with Gasteiger partial charge in [0.2, 0.25) is 5.91 Å². The minimum atomic E-state index is -1.62. The van der Waals surface area contributed by atoms with E-state index in [1.54, 1.807) is 6.08 Å². The number of aliphatic hydroxyl groups excluding tert-OH is 5. The molecular weight excluding hydrogens is 919 g/mol. The molecule has 8 atom stereocenters. The first-order valence-corrected chi connectivity index (χ1v) is 29.4. The zero-order valence-corrected chi connectivity index (χ0v) is 46.2. The van der Waals surface area contributed by atoms with Crippen LogP contribution >= 0.6 is 0 Å². The van der Waals surface area contributed by atoms with Crippen LogP contribution in [-0.4, -0.2) is 99.6 Å². The Morgan fingerprint density at radius 2 is 1.00 bits per heavy atom. The third-order valence-corrected chi connectivity index (χ3v) is 13.4.